The molecule has 0 unspecified atom stereocenters. The third-order valence-electron chi connectivity index (χ3n) is 2.88. The van der Waals surface area contributed by atoms with E-state index in [4.69, 9.17) is 15.2 Å². The molecular formula is C16H17NO4S. The Morgan fingerprint density at radius 1 is 1.09 bits per heavy atom. The van der Waals surface area contributed by atoms with Gasteiger partial charge in [-0.2, -0.15) is 0 Å². The number of amides is 1. The van der Waals surface area contributed by atoms with Gasteiger partial charge < -0.3 is 15.2 Å². The lowest BCUT2D eigenvalue weighted by atomic mass is 10.2. The molecule has 0 saturated heterocycles. The van der Waals surface area contributed by atoms with Gasteiger partial charge in [0, 0.05) is 16.4 Å². The molecule has 2 aromatic rings. The second-order valence-corrected chi connectivity index (χ2v) is 6.04. The smallest absolute Gasteiger partial charge is 0.230 e. The molecule has 5 nitrogen and oxygen atoms in total. The number of para-hydroxylation sites is 1. The van der Waals surface area contributed by atoms with Crippen LogP contribution in [-0.2, 0) is 21.3 Å². The highest BCUT2D eigenvalue weighted by Gasteiger charge is 2.10. The molecule has 22 heavy (non-hydrogen) atoms. The van der Waals surface area contributed by atoms with E-state index in [1.807, 2.05) is 18.2 Å². The van der Waals surface area contributed by atoms with Crippen LogP contribution in [0.15, 0.2) is 48.5 Å². The molecule has 6 heteroatoms. The molecule has 2 N–H and O–H groups in total. The van der Waals surface area contributed by atoms with Gasteiger partial charge in [0.05, 0.1) is 12.9 Å². The van der Waals surface area contributed by atoms with Crippen molar-refractivity contribution in [2.45, 2.75) is 5.75 Å². The Labute approximate surface area is 131 Å². The molecule has 0 heterocycles. The second-order valence-electron chi connectivity index (χ2n) is 4.58. The molecule has 0 aromatic heterocycles. The average Bonchev–Trinajstić information content (AvgIpc) is 2.49. The van der Waals surface area contributed by atoms with E-state index in [1.165, 1.54) is 0 Å². The lowest BCUT2D eigenvalue weighted by Crippen LogP contribution is -2.20. The molecular weight excluding hydrogens is 302 g/mol. The van der Waals surface area contributed by atoms with Crippen LogP contribution < -0.4 is 15.2 Å². The van der Waals surface area contributed by atoms with Crippen LogP contribution in [0.1, 0.15) is 5.56 Å². The highest BCUT2D eigenvalue weighted by molar-refractivity contribution is 7.84. The van der Waals surface area contributed by atoms with Crippen molar-refractivity contribution in [3.63, 3.8) is 0 Å². The topological polar surface area (TPSA) is 78.6 Å². The molecule has 0 fully saturated rings. The van der Waals surface area contributed by atoms with E-state index >= 15 is 0 Å². The van der Waals surface area contributed by atoms with Crippen LogP contribution in [0.4, 0.5) is 0 Å². The van der Waals surface area contributed by atoms with Crippen molar-refractivity contribution in [1.82, 2.24) is 0 Å². The van der Waals surface area contributed by atoms with Gasteiger partial charge in [0.15, 0.2) is 0 Å². The van der Waals surface area contributed by atoms with Gasteiger partial charge in [-0.1, -0.05) is 18.2 Å². The number of rotatable bonds is 7. The predicted octanol–water partition coefficient (Wildman–Crippen LogP) is 2.22. The number of primary amides is 1. The van der Waals surface area contributed by atoms with Crippen molar-refractivity contribution in [2.24, 2.45) is 5.73 Å². The summed E-state index contributed by atoms with van der Waals surface area (Å²) in [5, 5.41) is 0. The number of benzene rings is 2. The third kappa shape index (κ3) is 4.60. The molecule has 0 bridgehead atoms. The molecule has 0 aliphatic heterocycles. The summed E-state index contributed by atoms with van der Waals surface area (Å²) < 4.78 is 22.8. The minimum absolute atomic E-state index is 0.156. The van der Waals surface area contributed by atoms with E-state index < -0.39 is 16.7 Å². The Morgan fingerprint density at radius 3 is 2.36 bits per heavy atom. The van der Waals surface area contributed by atoms with Crippen LogP contribution in [0.2, 0.25) is 0 Å². The van der Waals surface area contributed by atoms with Crippen LogP contribution in [0.3, 0.4) is 0 Å². The maximum Gasteiger partial charge on any atom is 0.230 e. The van der Waals surface area contributed by atoms with Gasteiger partial charge in [0.25, 0.3) is 0 Å². The summed E-state index contributed by atoms with van der Waals surface area (Å²) in [6.07, 6.45) is 0. The molecule has 1 amide bonds. The van der Waals surface area contributed by atoms with Crippen LogP contribution in [0.25, 0.3) is 0 Å². The summed E-state index contributed by atoms with van der Waals surface area (Å²) in [6, 6.07) is 14.4. The zero-order valence-corrected chi connectivity index (χ0v) is 13.0. The molecule has 2 rings (SSSR count). The molecule has 0 radical (unpaired) electrons. The monoisotopic (exact) mass is 319 g/mol. The lowest BCUT2D eigenvalue weighted by Gasteiger charge is -2.11. The van der Waals surface area contributed by atoms with Crippen molar-refractivity contribution in [3.8, 4) is 17.2 Å². The summed E-state index contributed by atoms with van der Waals surface area (Å²) in [5.74, 6) is 1.47. The number of methoxy groups -OCH3 is 1. The van der Waals surface area contributed by atoms with Crippen molar-refractivity contribution in [1.29, 1.82) is 0 Å². The van der Waals surface area contributed by atoms with Crippen molar-refractivity contribution in [2.75, 3.05) is 12.9 Å². The van der Waals surface area contributed by atoms with E-state index in [9.17, 15) is 9.00 Å². The average molecular weight is 319 g/mol. The normalized spacial score (nSPS) is 11.7. The van der Waals surface area contributed by atoms with Crippen LogP contribution in [0.5, 0.6) is 17.2 Å². The van der Waals surface area contributed by atoms with Crippen LogP contribution in [-0.4, -0.2) is 23.0 Å². The SMILES string of the molecule is COc1ccc(Oc2ccccc2C[S@](=O)CC(N)=O)cc1. The highest BCUT2D eigenvalue weighted by Crippen LogP contribution is 2.27. The van der Waals surface area contributed by atoms with E-state index in [0.717, 1.165) is 11.3 Å². The maximum absolute atomic E-state index is 11.8. The van der Waals surface area contributed by atoms with E-state index in [2.05, 4.69) is 0 Å². The number of carbonyl (C=O) groups excluding carboxylic acids is 1. The lowest BCUT2D eigenvalue weighted by molar-refractivity contribution is -0.115. The van der Waals surface area contributed by atoms with E-state index in [0.29, 0.717) is 11.5 Å². The highest BCUT2D eigenvalue weighted by atomic mass is 32.2. The predicted molar refractivity (Wildman–Crippen MR) is 85.4 cm³/mol. The molecule has 0 saturated carbocycles. The zero-order valence-electron chi connectivity index (χ0n) is 12.2. The van der Waals surface area contributed by atoms with Crippen molar-refractivity contribution >= 4 is 16.7 Å². The quantitative estimate of drug-likeness (QED) is 0.849. The Bertz CT molecular complexity index is 670. The number of ether oxygens (including phenoxy) is 2. The van der Waals surface area contributed by atoms with Gasteiger partial charge in [-0.15, -0.1) is 0 Å². The van der Waals surface area contributed by atoms with Gasteiger partial charge in [0.2, 0.25) is 5.91 Å². The second kappa shape index (κ2) is 7.61. The Kier molecular flexibility index (Phi) is 5.55. The number of nitrogens with two attached hydrogens (primary N) is 1. The maximum atomic E-state index is 11.8. The largest absolute Gasteiger partial charge is 0.497 e. The van der Waals surface area contributed by atoms with E-state index in [-0.39, 0.29) is 11.5 Å². The zero-order chi connectivity index (χ0) is 15.9. The first-order chi connectivity index (χ1) is 10.6. The van der Waals surface area contributed by atoms with Gasteiger partial charge in [0.1, 0.15) is 23.0 Å². The van der Waals surface area contributed by atoms with Gasteiger partial charge in [-0.05, 0) is 30.3 Å². The summed E-state index contributed by atoms with van der Waals surface area (Å²) >= 11 is 0. The molecule has 116 valence electrons. The molecule has 0 spiro atoms. The number of carbonyl (C=O) groups is 1. The van der Waals surface area contributed by atoms with Crippen molar-refractivity contribution < 1.29 is 18.5 Å². The number of hydrogen-bond donors (Lipinski definition) is 1. The van der Waals surface area contributed by atoms with Gasteiger partial charge in [-0.3, -0.25) is 9.00 Å². The minimum atomic E-state index is -1.35. The first-order valence-corrected chi connectivity index (χ1v) is 8.10. The fourth-order valence-corrected chi connectivity index (χ4v) is 2.88. The first-order valence-electron chi connectivity index (χ1n) is 6.61. The third-order valence-corrected chi connectivity index (χ3v) is 4.12. The Hall–Kier alpha value is -2.34. The summed E-state index contributed by atoms with van der Waals surface area (Å²) in [7, 11) is 0.247. The Balaban J connectivity index is 2.13. The summed E-state index contributed by atoms with van der Waals surface area (Å²) in [6.45, 7) is 0. The first kappa shape index (κ1) is 16.0. The summed E-state index contributed by atoms with van der Waals surface area (Å²) in [5.41, 5.74) is 5.82. The van der Waals surface area contributed by atoms with Gasteiger partial charge >= 0.3 is 0 Å². The fourth-order valence-electron chi connectivity index (χ4n) is 1.88. The van der Waals surface area contributed by atoms with Crippen LogP contribution in [0, 0.1) is 0 Å². The summed E-state index contributed by atoms with van der Waals surface area (Å²) in [4.78, 5) is 10.8. The molecule has 0 aliphatic rings. The molecule has 1 atom stereocenters. The van der Waals surface area contributed by atoms with E-state index in [1.54, 1.807) is 37.4 Å². The van der Waals surface area contributed by atoms with Crippen LogP contribution >= 0.6 is 0 Å². The van der Waals surface area contributed by atoms with Gasteiger partial charge in [-0.25, -0.2) is 0 Å². The Morgan fingerprint density at radius 2 is 1.73 bits per heavy atom. The standard InChI is InChI=1S/C16H17NO4S/c1-20-13-6-8-14(9-7-13)21-15-5-3-2-4-12(15)10-22(19)11-16(17)18/h2-9H,10-11H2,1H3,(H2,17,18)/t22-/m0/s1. The fraction of sp³-hybridized carbons (Fsp3) is 0.188. The minimum Gasteiger partial charge on any atom is -0.497 e. The number of hydrogen-bond acceptors (Lipinski definition) is 4. The molecule has 2 aromatic carbocycles. The van der Waals surface area contributed by atoms with Crippen molar-refractivity contribution in [3.05, 3.63) is 54.1 Å². The molecule has 0 aliphatic carbocycles.